The minimum absolute atomic E-state index is 0.245. The summed E-state index contributed by atoms with van der Waals surface area (Å²) in [4.78, 5) is 9.02. The number of aliphatic hydroxyl groups excluding tert-OH is 1. The molecule has 1 N–H and O–H groups in total. The quantitative estimate of drug-likeness (QED) is 0.915. The first-order valence-corrected chi connectivity index (χ1v) is 6.78. The summed E-state index contributed by atoms with van der Waals surface area (Å²) in [5.74, 6) is 1.03. The molecule has 2 heterocycles. The minimum atomic E-state index is 0.245. The Morgan fingerprint density at radius 3 is 2.94 bits per heavy atom. The first-order valence-electron chi connectivity index (χ1n) is 5.99. The van der Waals surface area contributed by atoms with Gasteiger partial charge in [-0.1, -0.05) is 15.9 Å². The van der Waals surface area contributed by atoms with Crippen LogP contribution < -0.4 is 4.90 Å². The van der Waals surface area contributed by atoms with Crippen LogP contribution in [0, 0.1) is 0 Å². The fourth-order valence-corrected chi connectivity index (χ4v) is 2.45. The molecule has 1 saturated heterocycles. The third kappa shape index (κ3) is 3.66. The summed E-state index contributed by atoms with van der Waals surface area (Å²) < 4.78 is 1.07. The zero-order chi connectivity index (χ0) is 12.1. The van der Waals surface area contributed by atoms with Gasteiger partial charge in [-0.2, -0.15) is 0 Å². The molecule has 1 aromatic heterocycles. The van der Waals surface area contributed by atoms with Crippen molar-refractivity contribution in [2.24, 2.45) is 0 Å². The number of aliphatic hydroxyl groups is 1. The molecule has 0 saturated carbocycles. The van der Waals surface area contributed by atoms with E-state index in [-0.39, 0.29) is 6.61 Å². The van der Waals surface area contributed by atoms with Crippen molar-refractivity contribution in [1.29, 1.82) is 0 Å². The van der Waals surface area contributed by atoms with Gasteiger partial charge in [-0.05, 0) is 25.1 Å². The van der Waals surface area contributed by atoms with E-state index in [1.165, 1.54) is 0 Å². The molecule has 1 fully saturated rings. The maximum absolute atomic E-state index is 8.96. The Bertz CT molecular complexity index is 361. The third-order valence-corrected chi connectivity index (χ3v) is 3.53. The summed E-state index contributed by atoms with van der Waals surface area (Å²) in [6.07, 6.45) is 2.95. The van der Waals surface area contributed by atoms with Gasteiger partial charge in [-0.15, -0.1) is 0 Å². The molecule has 0 amide bonds. The second-order valence-electron chi connectivity index (χ2n) is 4.24. The van der Waals surface area contributed by atoms with Gasteiger partial charge in [0, 0.05) is 36.8 Å². The zero-order valence-electron chi connectivity index (χ0n) is 9.85. The number of nitrogens with zero attached hydrogens (tertiary/aromatic N) is 3. The molecular formula is C12H18BrN3O. The largest absolute Gasteiger partial charge is 0.395 e. The highest BCUT2D eigenvalue weighted by Gasteiger charge is 2.15. The SMILES string of the molecule is OCCN1CCCN(c2cc(Br)ccn2)CC1. The fourth-order valence-electron chi connectivity index (χ4n) is 2.13. The lowest BCUT2D eigenvalue weighted by Crippen LogP contribution is -2.32. The second-order valence-corrected chi connectivity index (χ2v) is 5.15. The molecule has 94 valence electrons. The van der Waals surface area contributed by atoms with Crippen molar-refractivity contribution < 1.29 is 5.11 Å². The van der Waals surface area contributed by atoms with E-state index in [9.17, 15) is 0 Å². The molecule has 1 aliphatic heterocycles. The summed E-state index contributed by atoms with van der Waals surface area (Å²) in [6, 6.07) is 4.00. The highest BCUT2D eigenvalue weighted by Crippen LogP contribution is 2.18. The number of rotatable bonds is 3. The Labute approximate surface area is 110 Å². The number of anilines is 1. The number of hydrogen-bond donors (Lipinski definition) is 1. The van der Waals surface area contributed by atoms with Gasteiger partial charge in [0.05, 0.1) is 6.61 Å². The van der Waals surface area contributed by atoms with Crippen molar-refractivity contribution in [2.45, 2.75) is 6.42 Å². The molecule has 2 rings (SSSR count). The van der Waals surface area contributed by atoms with E-state index in [4.69, 9.17) is 5.11 Å². The van der Waals surface area contributed by atoms with Crippen LogP contribution in [-0.2, 0) is 0 Å². The monoisotopic (exact) mass is 299 g/mol. The average molecular weight is 300 g/mol. The molecule has 0 radical (unpaired) electrons. The molecule has 1 aromatic rings. The van der Waals surface area contributed by atoms with Crippen molar-refractivity contribution in [3.8, 4) is 0 Å². The number of aromatic nitrogens is 1. The van der Waals surface area contributed by atoms with E-state index < -0.39 is 0 Å². The number of halogens is 1. The van der Waals surface area contributed by atoms with E-state index in [2.05, 4.69) is 36.8 Å². The summed E-state index contributed by atoms with van der Waals surface area (Å²) in [5.41, 5.74) is 0. The fraction of sp³-hybridized carbons (Fsp3) is 0.583. The molecule has 1 aliphatic rings. The van der Waals surface area contributed by atoms with Gasteiger partial charge in [0.25, 0.3) is 0 Å². The molecule has 0 bridgehead atoms. The van der Waals surface area contributed by atoms with Crippen molar-refractivity contribution in [3.05, 3.63) is 22.8 Å². The molecule has 0 atom stereocenters. The third-order valence-electron chi connectivity index (χ3n) is 3.04. The van der Waals surface area contributed by atoms with Crippen LogP contribution in [0.1, 0.15) is 6.42 Å². The zero-order valence-corrected chi connectivity index (χ0v) is 11.4. The summed E-state index contributed by atoms with van der Waals surface area (Å²) in [5, 5.41) is 8.96. The molecular weight excluding hydrogens is 282 g/mol. The topological polar surface area (TPSA) is 39.6 Å². The van der Waals surface area contributed by atoms with Crippen molar-refractivity contribution in [3.63, 3.8) is 0 Å². The van der Waals surface area contributed by atoms with Crippen molar-refractivity contribution in [1.82, 2.24) is 9.88 Å². The minimum Gasteiger partial charge on any atom is -0.395 e. The normalized spacial score (nSPS) is 18.1. The van der Waals surface area contributed by atoms with Crippen LogP contribution in [0.25, 0.3) is 0 Å². The van der Waals surface area contributed by atoms with Crippen molar-refractivity contribution >= 4 is 21.7 Å². The van der Waals surface area contributed by atoms with Gasteiger partial charge >= 0.3 is 0 Å². The number of β-amino-alcohol motifs (C(OH)–C–C–N with tert-alkyl or cyclic N) is 1. The Morgan fingerprint density at radius 1 is 1.29 bits per heavy atom. The molecule has 0 spiro atoms. The predicted octanol–water partition coefficient (Wildman–Crippen LogP) is 1.35. The first-order chi connectivity index (χ1) is 8.29. The maximum Gasteiger partial charge on any atom is 0.129 e. The van der Waals surface area contributed by atoms with E-state index in [0.29, 0.717) is 0 Å². The van der Waals surface area contributed by atoms with Gasteiger partial charge in [0.15, 0.2) is 0 Å². The Balaban J connectivity index is 1.99. The molecule has 17 heavy (non-hydrogen) atoms. The van der Waals surface area contributed by atoms with Gasteiger partial charge in [-0.3, -0.25) is 4.90 Å². The number of pyridine rings is 1. The highest BCUT2D eigenvalue weighted by atomic mass is 79.9. The molecule has 0 unspecified atom stereocenters. The van der Waals surface area contributed by atoms with Crippen LogP contribution >= 0.6 is 15.9 Å². The van der Waals surface area contributed by atoms with Gasteiger partial charge in [0.2, 0.25) is 0 Å². The van der Waals surface area contributed by atoms with E-state index in [1.807, 2.05) is 12.3 Å². The summed E-state index contributed by atoms with van der Waals surface area (Å²) in [7, 11) is 0. The molecule has 0 aromatic carbocycles. The summed E-state index contributed by atoms with van der Waals surface area (Å²) in [6.45, 7) is 5.09. The predicted molar refractivity (Wildman–Crippen MR) is 72.3 cm³/mol. The van der Waals surface area contributed by atoms with E-state index in [1.54, 1.807) is 0 Å². The van der Waals surface area contributed by atoms with Crippen LogP contribution in [0.5, 0.6) is 0 Å². The van der Waals surface area contributed by atoms with Crippen LogP contribution in [0.2, 0.25) is 0 Å². The molecule has 0 aliphatic carbocycles. The van der Waals surface area contributed by atoms with Crippen LogP contribution in [0.4, 0.5) is 5.82 Å². The van der Waals surface area contributed by atoms with Crippen LogP contribution in [0.3, 0.4) is 0 Å². The van der Waals surface area contributed by atoms with E-state index in [0.717, 1.165) is 49.4 Å². The first kappa shape index (κ1) is 12.8. The summed E-state index contributed by atoms with van der Waals surface area (Å²) >= 11 is 3.47. The highest BCUT2D eigenvalue weighted by molar-refractivity contribution is 9.10. The molecule has 5 heteroatoms. The lowest BCUT2D eigenvalue weighted by Gasteiger charge is -2.22. The van der Waals surface area contributed by atoms with Gasteiger partial charge < -0.3 is 10.0 Å². The second kappa shape index (κ2) is 6.33. The lowest BCUT2D eigenvalue weighted by molar-refractivity contribution is 0.204. The van der Waals surface area contributed by atoms with E-state index >= 15 is 0 Å². The maximum atomic E-state index is 8.96. The van der Waals surface area contributed by atoms with Gasteiger partial charge in [0.1, 0.15) is 5.82 Å². The van der Waals surface area contributed by atoms with Crippen LogP contribution in [-0.4, -0.2) is 54.3 Å². The van der Waals surface area contributed by atoms with Gasteiger partial charge in [-0.25, -0.2) is 4.98 Å². The molecule has 4 nitrogen and oxygen atoms in total. The Morgan fingerprint density at radius 2 is 2.18 bits per heavy atom. The standard InChI is InChI=1S/C12H18BrN3O/c13-11-2-3-14-12(10-11)16-5-1-4-15(6-7-16)8-9-17/h2-3,10,17H,1,4-9H2. The average Bonchev–Trinajstić information content (AvgIpc) is 2.55. The van der Waals surface area contributed by atoms with Crippen molar-refractivity contribution in [2.75, 3.05) is 44.2 Å². The Kier molecular flexibility index (Phi) is 4.76. The smallest absolute Gasteiger partial charge is 0.129 e. The van der Waals surface area contributed by atoms with Crippen LogP contribution in [0.15, 0.2) is 22.8 Å². The lowest BCUT2D eigenvalue weighted by atomic mass is 10.3. The Hall–Kier alpha value is -0.650. The number of hydrogen-bond acceptors (Lipinski definition) is 4.